The van der Waals surface area contributed by atoms with Crippen molar-refractivity contribution in [3.63, 3.8) is 0 Å². The number of benzene rings is 2. The third-order valence-electron chi connectivity index (χ3n) is 6.11. The molecule has 0 bridgehead atoms. The van der Waals surface area contributed by atoms with Gasteiger partial charge in [-0.3, -0.25) is 0 Å². The van der Waals surface area contributed by atoms with Crippen molar-refractivity contribution in [3.05, 3.63) is 89.0 Å². The molecule has 2 aromatic carbocycles. The second-order valence-corrected chi connectivity index (χ2v) is 10.7. The molecule has 0 radical (unpaired) electrons. The normalized spacial score (nSPS) is 21.7. The zero-order valence-electron chi connectivity index (χ0n) is 19.2. The first kappa shape index (κ1) is 21.9. The molecule has 2 aliphatic rings. The summed E-state index contributed by atoms with van der Waals surface area (Å²) in [5.74, 6) is 0. The predicted octanol–water partition coefficient (Wildman–Crippen LogP) is 6.67. The summed E-state index contributed by atoms with van der Waals surface area (Å²) < 4.78 is 0. The largest absolute Gasteiger partial charge is 0.217 e. The van der Waals surface area contributed by atoms with Crippen LogP contribution in [0.2, 0.25) is 0 Å². The molecular weight excluding hydrogens is 394 g/mol. The van der Waals surface area contributed by atoms with E-state index in [1.807, 2.05) is 11.8 Å². The molecule has 0 aromatic heterocycles. The highest BCUT2D eigenvalue weighted by Crippen LogP contribution is 2.39. The Balaban J connectivity index is 1.62. The Morgan fingerprint density at radius 1 is 1.00 bits per heavy atom. The molecule has 1 heterocycles. The molecule has 1 N–H and O–H groups in total. The van der Waals surface area contributed by atoms with Crippen LogP contribution in [0.1, 0.15) is 58.1 Å². The Morgan fingerprint density at radius 2 is 1.77 bits per heavy atom. The van der Waals surface area contributed by atoms with Gasteiger partial charge in [0.25, 0.3) is 0 Å². The number of nitrogens with one attached hydrogen (secondary N) is 1. The van der Waals surface area contributed by atoms with Crippen molar-refractivity contribution in [1.29, 1.82) is 0 Å². The number of thioether (sulfide) groups is 1. The molecule has 1 nitrogen and oxygen atoms in total. The first-order valence-electron chi connectivity index (χ1n) is 11.5. The number of para-hydroxylation sites is 1. The zero-order valence-corrected chi connectivity index (χ0v) is 20.1. The molecule has 160 valence electrons. The standard InChI is InChI=1S/C29H33NS/c1-5-21-11-13-22(14-12-21)15-16-23-17-24(20-29(3,4)19-23)18-26-27(6-2)31-28-10-8-7-9-25(28)30-26/h7-18,27H,5-6,19-20H2,1-4H3/p+1/b16-15-,24-18-/t27-/m1/s1. The summed E-state index contributed by atoms with van der Waals surface area (Å²) in [4.78, 5) is 5.08. The Hall–Kier alpha value is -2.32. The van der Waals surface area contributed by atoms with E-state index in [0.717, 1.165) is 25.7 Å². The van der Waals surface area contributed by atoms with Crippen LogP contribution in [0.15, 0.2) is 82.8 Å². The van der Waals surface area contributed by atoms with E-state index >= 15 is 0 Å². The fourth-order valence-electron chi connectivity index (χ4n) is 4.53. The molecule has 0 amide bonds. The number of rotatable bonds is 5. The van der Waals surface area contributed by atoms with Crippen LogP contribution in [0.3, 0.4) is 0 Å². The summed E-state index contributed by atoms with van der Waals surface area (Å²) in [5, 5.41) is 0.483. The van der Waals surface area contributed by atoms with Crippen molar-refractivity contribution in [2.75, 3.05) is 0 Å². The van der Waals surface area contributed by atoms with E-state index in [0.29, 0.717) is 5.25 Å². The first-order chi connectivity index (χ1) is 15.0. The molecule has 0 fully saturated rings. The highest BCUT2D eigenvalue weighted by atomic mass is 32.2. The monoisotopic (exact) mass is 428 g/mol. The Bertz CT molecular complexity index is 1050. The molecule has 0 spiro atoms. The van der Waals surface area contributed by atoms with Crippen LogP contribution >= 0.6 is 11.8 Å². The summed E-state index contributed by atoms with van der Waals surface area (Å²) in [6.45, 7) is 9.26. The van der Waals surface area contributed by atoms with Gasteiger partial charge < -0.3 is 0 Å². The summed E-state index contributed by atoms with van der Waals surface area (Å²) >= 11 is 1.99. The lowest BCUT2D eigenvalue weighted by molar-refractivity contribution is -0.358. The summed E-state index contributed by atoms with van der Waals surface area (Å²) in [6, 6.07) is 17.6. The van der Waals surface area contributed by atoms with Gasteiger partial charge in [-0.2, -0.15) is 0 Å². The van der Waals surface area contributed by atoms with Crippen LogP contribution in [-0.4, -0.2) is 11.0 Å². The minimum absolute atomic E-state index is 0.272. The van der Waals surface area contributed by atoms with E-state index in [-0.39, 0.29) is 5.41 Å². The highest BCUT2D eigenvalue weighted by molar-refractivity contribution is 8.00. The van der Waals surface area contributed by atoms with Crippen molar-refractivity contribution in [3.8, 4) is 0 Å². The number of hydrogen-bond acceptors (Lipinski definition) is 1. The van der Waals surface area contributed by atoms with Gasteiger partial charge in [-0.25, -0.2) is 4.99 Å². The molecule has 1 aliphatic carbocycles. The quantitative estimate of drug-likeness (QED) is 0.561. The molecule has 4 rings (SSSR count). The zero-order chi connectivity index (χ0) is 21.8. The Kier molecular flexibility index (Phi) is 6.67. The summed E-state index contributed by atoms with van der Waals surface area (Å²) in [5.41, 5.74) is 8.36. The molecule has 1 atom stereocenters. The van der Waals surface area contributed by atoms with E-state index in [1.54, 1.807) is 0 Å². The third kappa shape index (κ3) is 5.49. The molecule has 0 unspecified atom stereocenters. The number of fused-ring (bicyclic) bond motifs is 1. The van der Waals surface area contributed by atoms with Gasteiger partial charge in [-0.05, 0) is 59.4 Å². The van der Waals surface area contributed by atoms with Crippen LogP contribution in [-0.2, 0) is 6.42 Å². The van der Waals surface area contributed by atoms with Gasteiger partial charge in [0.05, 0.1) is 10.1 Å². The van der Waals surface area contributed by atoms with Gasteiger partial charge in [0.1, 0.15) is 0 Å². The van der Waals surface area contributed by atoms with Gasteiger partial charge in [0.15, 0.2) is 5.71 Å². The average molecular weight is 429 g/mol. The smallest absolute Gasteiger partial charge is 0.207 e. The van der Waals surface area contributed by atoms with E-state index in [4.69, 9.17) is 0 Å². The molecule has 0 saturated carbocycles. The number of hydrogen-bond donors (Lipinski definition) is 1. The van der Waals surface area contributed by atoms with Crippen LogP contribution in [0.5, 0.6) is 0 Å². The summed E-state index contributed by atoms with van der Waals surface area (Å²) in [6.07, 6.45) is 13.9. The van der Waals surface area contributed by atoms with Gasteiger partial charge in [0.2, 0.25) is 5.69 Å². The predicted molar refractivity (Wildman–Crippen MR) is 136 cm³/mol. The van der Waals surface area contributed by atoms with Gasteiger partial charge in [-0.15, -0.1) is 11.8 Å². The minimum Gasteiger partial charge on any atom is -0.207 e. The van der Waals surface area contributed by atoms with E-state index in [9.17, 15) is 0 Å². The summed E-state index contributed by atoms with van der Waals surface area (Å²) in [7, 11) is 0. The molecule has 1 aliphatic heterocycles. The van der Waals surface area contributed by atoms with Crippen molar-refractivity contribution < 1.29 is 4.99 Å². The van der Waals surface area contributed by atoms with Crippen molar-refractivity contribution in [2.45, 2.75) is 63.5 Å². The van der Waals surface area contributed by atoms with Gasteiger partial charge in [-0.1, -0.05) is 82.3 Å². The number of allylic oxidation sites excluding steroid dienone is 5. The Morgan fingerprint density at radius 3 is 2.52 bits per heavy atom. The fourth-order valence-corrected chi connectivity index (χ4v) is 5.66. The maximum atomic E-state index is 3.73. The van der Waals surface area contributed by atoms with E-state index in [2.05, 4.69) is 106 Å². The molecule has 0 saturated heterocycles. The lowest BCUT2D eigenvalue weighted by Gasteiger charge is -2.30. The van der Waals surface area contributed by atoms with Crippen molar-refractivity contribution >= 4 is 29.2 Å². The van der Waals surface area contributed by atoms with Gasteiger partial charge in [0, 0.05) is 12.1 Å². The van der Waals surface area contributed by atoms with Crippen molar-refractivity contribution in [2.24, 2.45) is 5.41 Å². The Labute approximate surface area is 192 Å². The fraction of sp³-hybridized carbons (Fsp3) is 0.345. The molecule has 2 heteroatoms. The molecule has 31 heavy (non-hydrogen) atoms. The second kappa shape index (κ2) is 9.44. The van der Waals surface area contributed by atoms with Crippen molar-refractivity contribution in [1.82, 2.24) is 0 Å². The van der Waals surface area contributed by atoms with E-state index in [1.165, 1.54) is 38.6 Å². The van der Waals surface area contributed by atoms with Crippen LogP contribution in [0.25, 0.3) is 6.08 Å². The topological polar surface area (TPSA) is 14.0 Å². The highest BCUT2D eigenvalue weighted by Gasteiger charge is 2.29. The molecular formula is C29H34NS+. The van der Waals surface area contributed by atoms with Crippen LogP contribution in [0, 0.1) is 5.41 Å². The second-order valence-electron chi connectivity index (χ2n) is 9.48. The average Bonchev–Trinajstić information content (AvgIpc) is 2.76. The number of aryl methyl sites for hydroxylation is 1. The van der Waals surface area contributed by atoms with Crippen LogP contribution in [0.4, 0.5) is 5.69 Å². The lowest BCUT2D eigenvalue weighted by atomic mass is 9.75. The third-order valence-corrected chi connectivity index (χ3v) is 7.59. The van der Waals surface area contributed by atoms with Crippen LogP contribution < -0.4 is 4.99 Å². The van der Waals surface area contributed by atoms with Gasteiger partial charge >= 0.3 is 0 Å². The lowest BCUT2D eigenvalue weighted by Crippen LogP contribution is -2.70. The maximum absolute atomic E-state index is 3.73. The first-order valence-corrected chi connectivity index (χ1v) is 12.4. The SMILES string of the molecule is CCc1ccc(/C=C\C2=CC(=C/C3=[NH+]c4ccccc4S[C@@H]3CC)/CC(C)(C)C2)cc1. The minimum atomic E-state index is 0.272. The van der Waals surface area contributed by atoms with E-state index < -0.39 is 0 Å². The maximum Gasteiger partial charge on any atom is 0.217 e. The molecule has 2 aromatic rings.